The van der Waals surface area contributed by atoms with Gasteiger partial charge in [0.25, 0.3) is 0 Å². The minimum absolute atomic E-state index is 0.837. The van der Waals surface area contributed by atoms with E-state index < -0.39 is 0 Å². The van der Waals surface area contributed by atoms with Gasteiger partial charge in [-0.25, -0.2) is 0 Å². The Balaban J connectivity index is 2.03. The number of hydrogen-bond donors (Lipinski definition) is 0. The topological polar surface area (TPSA) is 3.24 Å². The van der Waals surface area contributed by atoms with Crippen LogP contribution in [-0.4, -0.2) is 24.0 Å². The fourth-order valence-electron chi connectivity index (χ4n) is 3.05. The molecule has 0 N–H and O–H groups in total. The predicted octanol–water partition coefficient (Wildman–Crippen LogP) is 2.66. The predicted molar refractivity (Wildman–Crippen MR) is 52.2 cm³/mol. The molecule has 2 fully saturated rings. The van der Waals surface area contributed by atoms with Crippen molar-refractivity contribution in [1.29, 1.82) is 0 Å². The monoisotopic (exact) mass is 167 g/mol. The summed E-state index contributed by atoms with van der Waals surface area (Å²) in [7, 11) is 2.33. The second-order valence-electron chi connectivity index (χ2n) is 4.70. The lowest BCUT2D eigenvalue weighted by Gasteiger charge is -2.45. The van der Waals surface area contributed by atoms with Gasteiger partial charge in [0.2, 0.25) is 0 Å². The summed E-state index contributed by atoms with van der Waals surface area (Å²) in [5.41, 5.74) is 0. The van der Waals surface area contributed by atoms with Gasteiger partial charge in [0.15, 0.2) is 0 Å². The summed E-state index contributed by atoms with van der Waals surface area (Å²) in [5.74, 6) is 1.04. The van der Waals surface area contributed by atoms with Gasteiger partial charge in [0.1, 0.15) is 0 Å². The lowest BCUT2D eigenvalue weighted by atomic mass is 9.77. The van der Waals surface area contributed by atoms with Crippen molar-refractivity contribution in [2.24, 2.45) is 5.92 Å². The van der Waals surface area contributed by atoms with Crippen molar-refractivity contribution in [3.05, 3.63) is 0 Å². The Morgan fingerprint density at radius 1 is 1.00 bits per heavy atom. The van der Waals surface area contributed by atoms with Crippen molar-refractivity contribution in [3.63, 3.8) is 0 Å². The normalized spacial score (nSPS) is 44.0. The molecule has 1 heterocycles. The van der Waals surface area contributed by atoms with Crippen molar-refractivity contribution in [1.82, 2.24) is 4.90 Å². The van der Waals surface area contributed by atoms with Crippen molar-refractivity contribution >= 4 is 0 Å². The Labute approximate surface area is 76.1 Å². The molecule has 1 nitrogen and oxygen atoms in total. The molecule has 70 valence electrons. The zero-order chi connectivity index (χ0) is 8.55. The molecule has 3 atom stereocenters. The molecule has 0 aromatic carbocycles. The standard InChI is InChI=1S/C11H21N/c1-9-7-8-10-5-3-4-6-11(10)12(9)2/h9-11H,3-8H2,1-2H3/t9-,10-,11+/m1/s1. The number of nitrogens with zero attached hydrogens (tertiary/aromatic N) is 1. The molecule has 1 saturated heterocycles. The second-order valence-corrected chi connectivity index (χ2v) is 4.70. The summed E-state index contributed by atoms with van der Waals surface area (Å²) in [4.78, 5) is 2.63. The van der Waals surface area contributed by atoms with Crippen LogP contribution in [-0.2, 0) is 0 Å². The SMILES string of the molecule is C[C@@H]1CC[C@H]2CCCC[C@@H]2N1C. The average Bonchev–Trinajstić information content (AvgIpc) is 2.12. The minimum atomic E-state index is 0.837. The van der Waals surface area contributed by atoms with Crippen LogP contribution >= 0.6 is 0 Å². The summed E-state index contributed by atoms with van der Waals surface area (Å²) >= 11 is 0. The molecule has 2 aliphatic rings. The second kappa shape index (κ2) is 3.37. The van der Waals surface area contributed by atoms with E-state index in [0.717, 1.165) is 18.0 Å². The van der Waals surface area contributed by atoms with Gasteiger partial charge in [-0.2, -0.15) is 0 Å². The molecule has 0 spiro atoms. The van der Waals surface area contributed by atoms with Crippen molar-refractivity contribution in [2.45, 2.75) is 57.5 Å². The minimum Gasteiger partial charge on any atom is -0.300 e. The third kappa shape index (κ3) is 1.39. The first-order valence-corrected chi connectivity index (χ1v) is 5.51. The van der Waals surface area contributed by atoms with Gasteiger partial charge < -0.3 is 4.90 Å². The van der Waals surface area contributed by atoms with E-state index in [1.807, 2.05) is 0 Å². The number of piperidine rings is 1. The highest BCUT2D eigenvalue weighted by Gasteiger charge is 2.34. The zero-order valence-corrected chi connectivity index (χ0v) is 8.42. The van der Waals surface area contributed by atoms with Crippen molar-refractivity contribution in [2.75, 3.05) is 7.05 Å². The summed E-state index contributed by atoms with van der Waals surface area (Å²) in [6.07, 6.45) is 8.85. The number of fused-ring (bicyclic) bond motifs is 1. The molecular formula is C11H21N. The van der Waals surface area contributed by atoms with Crippen molar-refractivity contribution in [3.8, 4) is 0 Å². The Morgan fingerprint density at radius 3 is 2.58 bits per heavy atom. The maximum Gasteiger partial charge on any atom is 0.0123 e. The van der Waals surface area contributed by atoms with Crippen LogP contribution < -0.4 is 0 Å². The molecule has 0 bridgehead atoms. The van der Waals surface area contributed by atoms with E-state index in [4.69, 9.17) is 0 Å². The lowest BCUT2D eigenvalue weighted by Crippen LogP contribution is -2.48. The Kier molecular flexibility index (Phi) is 2.40. The van der Waals surface area contributed by atoms with Gasteiger partial charge in [-0.1, -0.05) is 12.8 Å². The van der Waals surface area contributed by atoms with Gasteiger partial charge in [-0.05, 0) is 45.6 Å². The summed E-state index contributed by atoms with van der Waals surface area (Å²) in [6.45, 7) is 2.38. The van der Waals surface area contributed by atoms with Gasteiger partial charge in [0, 0.05) is 12.1 Å². The van der Waals surface area contributed by atoms with Crippen molar-refractivity contribution < 1.29 is 0 Å². The van der Waals surface area contributed by atoms with E-state index in [1.165, 1.54) is 38.5 Å². The van der Waals surface area contributed by atoms with Crippen LogP contribution in [0.3, 0.4) is 0 Å². The smallest absolute Gasteiger partial charge is 0.0123 e. The van der Waals surface area contributed by atoms with E-state index in [0.29, 0.717) is 0 Å². The Hall–Kier alpha value is -0.0400. The van der Waals surface area contributed by atoms with Crippen LogP contribution in [0.4, 0.5) is 0 Å². The van der Waals surface area contributed by atoms with E-state index in [9.17, 15) is 0 Å². The number of likely N-dealkylation sites (tertiary alicyclic amines) is 1. The molecule has 0 aromatic rings. The van der Waals surface area contributed by atoms with Gasteiger partial charge in [-0.15, -0.1) is 0 Å². The Bertz CT molecular complexity index is 153. The van der Waals surface area contributed by atoms with E-state index in [2.05, 4.69) is 18.9 Å². The first-order chi connectivity index (χ1) is 5.79. The molecule has 1 aliphatic heterocycles. The van der Waals surface area contributed by atoms with Gasteiger partial charge >= 0.3 is 0 Å². The molecule has 0 amide bonds. The fraction of sp³-hybridized carbons (Fsp3) is 1.00. The van der Waals surface area contributed by atoms with Crippen LogP contribution in [0.15, 0.2) is 0 Å². The maximum absolute atomic E-state index is 2.63. The molecular weight excluding hydrogens is 146 g/mol. The van der Waals surface area contributed by atoms with Crippen LogP contribution in [0.1, 0.15) is 45.4 Å². The molecule has 1 aliphatic carbocycles. The number of hydrogen-bond acceptors (Lipinski definition) is 1. The quantitative estimate of drug-likeness (QED) is 0.536. The maximum atomic E-state index is 2.63. The summed E-state index contributed by atoms with van der Waals surface area (Å²) in [6, 6.07) is 1.77. The van der Waals surface area contributed by atoms with Crippen LogP contribution in [0.2, 0.25) is 0 Å². The van der Waals surface area contributed by atoms with Crippen LogP contribution in [0.25, 0.3) is 0 Å². The molecule has 1 saturated carbocycles. The Morgan fingerprint density at radius 2 is 1.75 bits per heavy atom. The zero-order valence-electron chi connectivity index (χ0n) is 8.42. The molecule has 0 unspecified atom stereocenters. The largest absolute Gasteiger partial charge is 0.300 e. The molecule has 12 heavy (non-hydrogen) atoms. The average molecular weight is 167 g/mol. The van der Waals surface area contributed by atoms with Crippen LogP contribution in [0, 0.1) is 5.92 Å². The first kappa shape index (κ1) is 8.55. The highest BCUT2D eigenvalue weighted by molar-refractivity contribution is 4.88. The van der Waals surface area contributed by atoms with E-state index in [-0.39, 0.29) is 0 Å². The summed E-state index contributed by atoms with van der Waals surface area (Å²) in [5, 5.41) is 0. The third-order valence-corrected chi connectivity index (χ3v) is 4.04. The third-order valence-electron chi connectivity index (χ3n) is 4.04. The van der Waals surface area contributed by atoms with E-state index >= 15 is 0 Å². The van der Waals surface area contributed by atoms with E-state index in [1.54, 1.807) is 0 Å². The lowest BCUT2D eigenvalue weighted by molar-refractivity contribution is 0.0447. The molecule has 0 aromatic heterocycles. The fourth-order valence-corrected chi connectivity index (χ4v) is 3.05. The molecule has 2 rings (SSSR count). The highest BCUT2D eigenvalue weighted by Crippen LogP contribution is 2.36. The number of rotatable bonds is 0. The first-order valence-electron chi connectivity index (χ1n) is 5.51. The van der Waals surface area contributed by atoms with Gasteiger partial charge in [-0.3, -0.25) is 0 Å². The summed E-state index contributed by atoms with van der Waals surface area (Å²) < 4.78 is 0. The van der Waals surface area contributed by atoms with Crippen LogP contribution in [0.5, 0.6) is 0 Å². The molecule has 0 radical (unpaired) electrons. The van der Waals surface area contributed by atoms with Gasteiger partial charge in [0.05, 0.1) is 0 Å². The molecule has 1 heteroatoms. The highest BCUT2D eigenvalue weighted by atomic mass is 15.2.